The first-order valence-electron chi connectivity index (χ1n) is 19.0. The molecule has 0 radical (unpaired) electrons. The van der Waals surface area contributed by atoms with E-state index in [0.29, 0.717) is 76.1 Å². The van der Waals surface area contributed by atoms with Crippen LogP contribution in [0.25, 0.3) is 5.65 Å². The Labute approximate surface area is 322 Å². The number of hydrogen-bond donors (Lipinski definition) is 4. The van der Waals surface area contributed by atoms with Crippen molar-refractivity contribution in [3.8, 4) is 5.75 Å². The van der Waals surface area contributed by atoms with E-state index < -0.39 is 29.7 Å². The van der Waals surface area contributed by atoms with Gasteiger partial charge in [-0.15, -0.1) is 0 Å². The number of imide groups is 1. The molecule has 1 aromatic carbocycles. The minimum atomic E-state index is -2.77. The number of carbonyl (C=O) groups is 4. The van der Waals surface area contributed by atoms with Crippen molar-refractivity contribution in [2.24, 2.45) is 0 Å². The molecule has 4 amide bonds. The van der Waals surface area contributed by atoms with Gasteiger partial charge in [-0.25, -0.2) is 18.7 Å². The highest BCUT2D eigenvalue weighted by atomic mass is 19.3. The Morgan fingerprint density at radius 1 is 1.00 bits per heavy atom. The zero-order valence-corrected chi connectivity index (χ0v) is 31.3. The molecule has 3 aliphatic rings. The van der Waals surface area contributed by atoms with Gasteiger partial charge in [0.05, 0.1) is 29.4 Å². The molecule has 0 spiro atoms. The summed E-state index contributed by atoms with van der Waals surface area (Å²) < 4.78 is 34.1. The van der Waals surface area contributed by atoms with Crippen LogP contribution in [0.15, 0.2) is 60.9 Å². The first-order chi connectivity index (χ1) is 26.8. The highest BCUT2D eigenvalue weighted by molar-refractivity contribution is 6.06. The third-order valence-corrected chi connectivity index (χ3v) is 10.7. The number of benzene rings is 1. The lowest BCUT2D eigenvalue weighted by Gasteiger charge is -2.40. The molecule has 1 unspecified atom stereocenters. The van der Waals surface area contributed by atoms with Crippen molar-refractivity contribution >= 4 is 46.5 Å². The zero-order valence-electron chi connectivity index (χ0n) is 31.3. The predicted octanol–water partition coefficient (Wildman–Crippen LogP) is 5.05. The smallest absolute Gasteiger partial charge is 0.280 e. The molecule has 0 bridgehead atoms. The van der Waals surface area contributed by atoms with Crippen LogP contribution in [0.3, 0.4) is 0 Å². The van der Waals surface area contributed by atoms with Gasteiger partial charge >= 0.3 is 0 Å². The highest BCUT2D eigenvalue weighted by Gasteiger charge is 2.37. The van der Waals surface area contributed by atoms with Gasteiger partial charge in [0.15, 0.2) is 0 Å². The summed E-state index contributed by atoms with van der Waals surface area (Å²) in [6, 6.07) is 13.0. The van der Waals surface area contributed by atoms with Crippen molar-refractivity contribution in [1.82, 2.24) is 24.6 Å². The number of carbonyl (C=O) groups excluding carboxylic acids is 4. The largest absolute Gasteiger partial charge is 0.490 e. The molecule has 6 heterocycles. The second kappa shape index (κ2) is 16.2. The fourth-order valence-electron chi connectivity index (χ4n) is 7.56. The van der Waals surface area contributed by atoms with Crippen molar-refractivity contribution in [2.45, 2.75) is 88.9 Å². The number of alkyl halides is 2. The average Bonchev–Trinajstić information content (AvgIpc) is 3.59. The van der Waals surface area contributed by atoms with Crippen LogP contribution in [0.1, 0.15) is 92.9 Å². The van der Waals surface area contributed by atoms with Gasteiger partial charge in [-0.05, 0) is 82.3 Å². The number of anilines is 3. The number of nitrogens with one attached hydrogen (secondary N) is 3. The van der Waals surface area contributed by atoms with Crippen LogP contribution in [-0.4, -0.2) is 91.9 Å². The summed E-state index contributed by atoms with van der Waals surface area (Å²) in [6.45, 7) is 5.91. The van der Waals surface area contributed by atoms with E-state index in [-0.39, 0.29) is 47.5 Å². The number of fused-ring (bicyclic) bond motifs is 1. The number of amides is 4. The molecule has 56 heavy (non-hydrogen) atoms. The molecular weight excluding hydrogens is 726 g/mol. The number of imidazole rings is 1. The molecule has 3 aromatic heterocycles. The van der Waals surface area contributed by atoms with E-state index in [9.17, 15) is 33.1 Å². The van der Waals surface area contributed by atoms with Gasteiger partial charge in [-0.3, -0.25) is 24.5 Å². The van der Waals surface area contributed by atoms with E-state index in [1.54, 1.807) is 16.7 Å². The van der Waals surface area contributed by atoms with Gasteiger partial charge in [-0.2, -0.15) is 0 Å². The van der Waals surface area contributed by atoms with Crippen LogP contribution >= 0.6 is 0 Å². The quantitative estimate of drug-likeness (QED) is 0.151. The number of pyridine rings is 2. The number of hydrogen-bond acceptors (Lipinski definition) is 10. The van der Waals surface area contributed by atoms with E-state index >= 15 is 0 Å². The topological polar surface area (TPSA) is 170 Å². The number of rotatable bonds is 11. The van der Waals surface area contributed by atoms with Gasteiger partial charge in [0, 0.05) is 68.4 Å². The maximum atomic E-state index is 13.4. The van der Waals surface area contributed by atoms with Gasteiger partial charge < -0.3 is 34.7 Å². The van der Waals surface area contributed by atoms with Crippen LogP contribution in [0, 0.1) is 0 Å². The summed E-state index contributed by atoms with van der Waals surface area (Å²) in [7, 11) is 0. The molecule has 3 aliphatic heterocycles. The summed E-state index contributed by atoms with van der Waals surface area (Å²) >= 11 is 0. The molecule has 0 saturated carbocycles. The van der Waals surface area contributed by atoms with E-state index in [0.717, 1.165) is 17.1 Å². The Kier molecular flexibility index (Phi) is 11.2. The molecule has 3 fully saturated rings. The number of piperidine rings is 3. The normalized spacial score (nSPS) is 19.0. The minimum Gasteiger partial charge on any atom is -0.490 e. The van der Waals surface area contributed by atoms with Gasteiger partial charge in [0.1, 0.15) is 29.0 Å². The average molecular weight is 773 g/mol. The van der Waals surface area contributed by atoms with Crippen LogP contribution in [0.2, 0.25) is 0 Å². The van der Waals surface area contributed by atoms with Crippen molar-refractivity contribution in [2.75, 3.05) is 41.7 Å². The zero-order chi connectivity index (χ0) is 39.6. The monoisotopic (exact) mass is 772 g/mol. The fourth-order valence-corrected chi connectivity index (χ4v) is 7.56. The number of aliphatic hydroxyl groups is 1. The summed E-state index contributed by atoms with van der Waals surface area (Å²) in [5, 5.41) is 19.6. The van der Waals surface area contributed by atoms with Crippen LogP contribution in [0.4, 0.5) is 26.0 Å². The Balaban J connectivity index is 0.922. The standard InChI is InChI=1S/C40H46F2N8O6/c1-24(2)56-32-20-34-45-31(23-50(34)22-28(32)38(53)46-33-5-3-4-29(44-33)37(41)42)25-12-16-49(17-13-25)36(52)21-40(55)14-18-48(19-15-40)27-8-6-26(7-9-27)43-30-10-11-35(51)47-39(30)54/h3-9,20,22-25,30,37,43,55H,10-19,21H2,1-2H3,(H,44,46,53)(H,47,51,54). The van der Waals surface area contributed by atoms with Crippen molar-refractivity contribution in [3.05, 3.63) is 77.9 Å². The molecule has 3 saturated heterocycles. The third kappa shape index (κ3) is 8.91. The Bertz CT molecular complexity index is 2090. The Morgan fingerprint density at radius 2 is 1.73 bits per heavy atom. The number of aromatic nitrogens is 3. The lowest BCUT2D eigenvalue weighted by molar-refractivity contribution is -0.138. The fraction of sp³-hybridized carbons (Fsp3) is 0.450. The van der Waals surface area contributed by atoms with Crippen molar-refractivity contribution in [1.29, 1.82) is 0 Å². The molecular formula is C40H46F2N8O6. The van der Waals surface area contributed by atoms with Crippen LogP contribution < -0.4 is 25.6 Å². The first kappa shape index (κ1) is 38.6. The molecule has 0 aliphatic carbocycles. The molecule has 14 nitrogen and oxygen atoms in total. The highest BCUT2D eigenvalue weighted by Crippen LogP contribution is 2.34. The van der Waals surface area contributed by atoms with E-state index in [4.69, 9.17) is 9.72 Å². The molecule has 296 valence electrons. The first-order valence-corrected chi connectivity index (χ1v) is 19.0. The predicted molar refractivity (Wildman–Crippen MR) is 204 cm³/mol. The Morgan fingerprint density at radius 3 is 2.41 bits per heavy atom. The minimum absolute atomic E-state index is 0.00111. The maximum absolute atomic E-state index is 13.4. The second-order valence-electron chi connectivity index (χ2n) is 15.1. The van der Waals surface area contributed by atoms with Gasteiger partial charge in [-0.1, -0.05) is 6.07 Å². The Hall–Kier alpha value is -5.64. The molecule has 1 atom stereocenters. The van der Waals surface area contributed by atoms with Crippen LogP contribution in [-0.2, 0) is 14.4 Å². The number of nitrogens with zero attached hydrogens (tertiary/aromatic N) is 5. The van der Waals surface area contributed by atoms with E-state index in [1.165, 1.54) is 18.2 Å². The second-order valence-corrected chi connectivity index (χ2v) is 15.1. The van der Waals surface area contributed by atoms with E-state index in [1.807, 2.05) is 49.2 Å². The number of halogens is 2. The summed E-state index contributed by atoms with van der Waals surface area (Å²) in [5.41, 5.74) is 1.83. The molecule has 4 aromatic rings. The molecule has 7 rings (SSSR count). The van der Waals surface area contributed by atoms with Gasteiger partial charge in [0.25, 0.3) is 12.3 Å². The number of ether oxygens (including phenoxy) is 1. The summed E-state index contributed by atoms with van der Waals surface area (Å²) in [6.07, 6.45) is 3.53. The third-order valence-electron chi connectivity index (χ3n) is 10.7. The van der Waals surface area contributed by atoms with Crippen LogP contribution in [0.5, 0.6) is 5.75 Å². The SMILES string of the molecule is CC(C)Oc1cc2nc(C3CCN(C(=O)CC4(O)CCN(c5ccc(NC6CCC(=O)NC6=O)cc5)CC4)CC3)cn2cc1C(=O)Nc1cccc(C(F)F)n1. The lowest BCUT2D eigenvalue weighted by atomic mass is 9.86. The molecule has 4 N–H and O–H groups in total. The summed E-state index contributed by atoms with van der Waals surface area (Å²) in [4.78, 5) is 63.0. The maximum Gasteiger partial charge on any atom is 0.280 e. The van der Waals surface area contributed by atoms with Crippen molar-refractivity contribution < 1.29 is 37.8 Å². The number of likely N-dealkylation sites (tertiary alicyclic amines) is 1. The van der Waals surface area contributed by atoms with E-state index in [2.05, 4.69) is 25.8 Å². The summed E-state index contributed by atoms with van der Waals surface area (Å²) in [5.74, 6) is -0.840. The lowest BCUT2D eigenvalue weighted by Crippen LogP contribution is -2.48. The van der Waals surface area contributed by atoms with Crippen molar-refractivity contribution in [3.63, 3.8) is 0 Å². The molecule has 16 heteroatoms. The van der Waals surface area contributed by atoms with Gasteiger partial charge in [0.2, 0.25) is 17.7 Å².